The number of aryl methyl sites for hydroxylation is 1. The zero-order chi connectivity index (χ0) is 20.1. The number of nitrogen functional groups attached to an aromatic ring is 1. The Morgan fingerprint density at radius 3 is 2.75 bits per heavy atom. The third kappa shape index (κ3) is 4.84. The number of hydrogen-bond donors (Lipinski definition) is 2. The molecule has 0 spiro atoms. The van der Waals surface area contributed by atoms with Gasteiger partial charge >= 0.3 is 5.97 Å². The number of H-pyrrole nitrogens is 1. The summed E-state index contributed by atoms with van der Waals surface area (Å²) in [4.78, 5) is 26.6. The fourth-order valence-corrected chi connectivity index (χ4v) is 3.34. The number of nitrogens with two attached hydrogens (primary N) is 1. The van der Waals surface area contributed by atoms with Gasteiger partial charge in [-0.15, -0.1) is 0 Å². The molecule has 0 saturated carbocycles. The molecule has 0 bridgehead atoms. The van der Waals surface area contributed by atoms with Crippen LogP contribution in [-0.2, 0) is 9.53 Å². The first-order valence-electron chi connectivity index (χ1n) is 8.21. The van der Waals surface area contributed by atoms with E-state index in [1.807, 2.05) is 19.1 Å². The standard InChI is InChI=1S/C13H11N5O2S.C4H7BrO2/c1-6-2-7-8(20-5-19-7)3-9(6)21-13-17-10-11(14)15-4-16-12(10)18-13;1-4(6)7-3-2-5/h2-4H,5H2,1H3,(H3,14,15,16,17,18);2-3H2,1H3. The van der Waals surface area contributed by atoms with Crippen LogP contribution in [0, 0.1) is 6.92 Å². The number of rotatable bonds is 4. The number of nitrogens with zero attached hydrogens (tertiary/aromatic N) is 3. The van der Waals surface area contributed by atoms with Gasteiger partial charge < -0.3 is 24.9 Å². The molecule has 0 radical (unpaired) electrons. The van der Waals surface area contributed by atoms with Crippen LogP contribution < -0.4 is 15.2 Å². The maximum absolute atomic E-state index is 9.96. The normalized spacial score (nSPS) is 11.8. The van der Waals surface area contributed by atoms with Gasteiger partial charge in [0, 0.05) is 17.1 Å². The number of carbonyl (C=O) groups excluding carboxylic acids is 1. The number of benzene rings is 1. The van der Waals surface area contributed by atoms with E-state index in [0.717, 1.165) is 22.0 Å². The number of alkyl halides is 1. The molecule has 1 aliphatic heterocycles. The van der Waals surface area contributed by atoms with Gasteiger partial charge in [0.25, 0.3) is 0 Å². The summed E-state index contributed by atoms with van der Waals surface area (Å²) in [6.07, 6.45) is 1.40. The molecule has 3 heterocycles. The van der Waals surface area contributed by atoms with Gasteiger partial charge in [0.2, 0.25) is 6.79 Å². The largest absolute Gasteiger partial charge is 0.465 e. The van der Waals surface area contributed by atoms with Crippen molar-refractivity contribution in [1.29, 1.82) is 0 Å². The number of imidazole rings is 1. The van der Waals surface area contributed by atoms with Crippen LogP contribution in [0.2, 0.25) is 0 Å². The predicted octanol–water partition coefficient (Wildman–Crippen LogP) is 3.07. The molecule has 28 heavy (non-hydrogen) atoms. The van der Waals surface area contributed by atoms with Crippen molar-refractivity contribution in [3.63, 3.8) is 0 Å². The first kappa shape index (κ1) is 20.2. The second-order valence-corrected chi connectivity index (χ2v) is 7.43. The summed E-state index contributed by atoms with van der Waals surface area (Å²) >= 11 is 4.59. The molecule has 9 nitrogen and oxygen atoms in total. The number of halogens is 1. The van der Waals surface area contributed by atoms with E-state index in [1.54, 1.807) is 0 Å². The molecular formula is C17H18BrN5O4S. The SMILES string of the molecule is CC(=O)OCCBr.Cc1cc2c(cc1Sc1nc3ncnc(N)c3[nH]1)OCO2. The summed E-state index contributed by atoms with van der Waals surface area (Å²) in [6, 6.07) is 3.91. The highest BCUT2D eigenvalue weighted by Gasteiger charge is 2.17. The molecule has 0 unspecified atom stereocenters. The second-order valence-electron chi connectivity index (χ2n) is 5.60. The molecule has 4 rings (SSSR count). The van der Waals surface area contributed by atoms with E-state index >= 15 is 0 Å². The number of anilines is 1. The minimum Gasteiger partial charge on any atom is -0.465 e. The van der Waals surface area contributed by atoms with Crippen LogP contribution in [0.15, 0.2) is 28.5 Å². The van der Waals surface area contributed by atoms with Gasteiger partial charge in [-0.2, -0.15) is 0 Å². The zero-order valence-corrected chi connectivity index (χ0v) is 17.6. The molecule has 3 N–H and O–H groups in total. The van der Waals surface area contributed by atoms with Gasteiger partial charge in [0.1, 0.15) is 18.5 Å². The van der Waals surface area contributed by atoms with E-state index in [4.69, 9.17) is 15.2 Å². The number of carbonyl (C=O) groups is 1. The van der Waals surface area contributed by atoms with Gasteiger partial charge in [-0.05, 0) is 24.6 Å². The van der Waals surface area contributed by atoms with E-state index in [-0.39, 0.29) is 12.8 Å². The summed E-state index contributed by atoms with van der Waals surface area (Å²) < 4.78 is 15.3. The number of nitrogens with one attached hydrogen (secondary N) is 1. The summed E-state index contributed by atoms with van der Waals surface area (Å²) in [5, 5.41) is 1.42. The van der Waals surface area contributed by atoms with Gasteiger partial charge in [0.15, 0.2) is 28.1 Å². The Labute approximate surface area is 173 Å². The Bertz CT molecular complexity index is 997. The van der Waals surface area contributed by atoms with Crippen LogP contribution in [-0.4, -0.2) is 44.6 Å². The van der Waals surface area contributed by atoms with Crippen molar-refractivity contribution in [2.75, 3.05) is 24.5 Å². The highest BCUT2D eigenvalue weighted by Crippen LogP contribution is 2.40. The van der Waals surface area contributed by atoms with Crippen molar-refractivity contribution in [2.24, 2.45) is 0 Å². The fraction of sp³-hybridized carbons (Fsp3) is 0.294. The molecule has 148 valence electrons. The van der Waals surface area contributed by atoms with E-state index in [1.165, 1.54) is 25.0 Å². The van der Waals surface area contributed by atoms with Crippen LogP contribution in [0.4, 0.5) is 5.82 Å². The lowest BCUT2D eigenvalue weighted by Crippen LogP contribution is -2.00. The van der Waals surface area contributed by atoms with E-state index < -0.39 is 0 Å². The highest BCUT2D eigenvalue weighted by atomic mass is 79.9. The minimum atomic E-state index is -0.223. The van der Waals surface area contributed by atoms with Crippen molar-refractivity contribution >= 4 is 50.6 Å². The number of hydrogen-bond acceptors (Lipinski definition) is 9. The lowest BCUT2D eigenvalue weighted by atomic mass is 10.2. The highest BCUT2D eigenvalue weighted by molar-refractivity contribution is 9.09. The monoisotopic (exact) mass is 467 g/mol. The number of aromatic nitrogens is 4. The van der Waals surface area contributed by atoms with Gasteiger partial charge in [-0.3, -0.25) is 4.79 Å². The number of aromatic amines is 1. The van der Waals surface area contributed by atoms with E-state index in [2.05, 4.69) is 40.6 Å². The van der Waals surface area contributed by atoms with Crippen molar-refractivity contribution in [3.8, 4) is 11.5 Å². The molecule has 2 aromatic heterocycles. The Kier molecular flexibility index (Phi) is 6.57. The molecule has 1 aliphatic rings. The number of esters is 1. The summed E-state index contributed by atoms with van der Waals surface area (Å²) in [7, 11) is 0. The number of fused-ring (bicyclic) bond motifs is 2. The topological polar surface area (TPSA) is 125 Å². The van der Waals surface area contributed by atoms with Crippen LogP contribution in [0.25, 0.3) is 11.2 Å². The molecule has 0 aliphatic carbocycles. The lowest BCUT2D eigenvalue weighted by Gasteiger charge is -2.05. The summed E-state index contributed by atoms with van der Waals surface area (Å²) in [5.41, 5.74) is 8.10. The molecule has 0 atom stereocenters. The summed E-state index contributed by atoms with van der Waals surface area (Å²) in [5.74, 6) is 1.69. The van der Waals surface area contributed by atoms with Gasteiger partial charge in [0.05, 0.1) is 0 Å². The van der Waals surface area contributed by atoms with Crippen molar-refractivity contribution < 1.29 is 19.0 Å². The van der Waals surface area contributed by atoms with Crippen LogP contribution >= 0.6 is 27.7 Å². The molecule has 3 aromatic rings. The van der Waals surface area contributed by atoms with Gasteiger partial charge in [-0.25, -0.2) is 15.0 Å². The molecule has 0 saturated heterocycles. The Hall–Kier alpha value is -2.53. The Morgan fingerprint density at radius 1 is 1.36 bits per heavy atom. The average molecular weight is 468 g/mol. The average Bonchev–Trinajstić information content (AvgIpc) is 3.27. The van der Waals surface area contributed by atoms with Gasteiger partial charge in [-0.1, -0.05) is 27.7 Å². The van der Waals surface area contributed by atoms with Crippen molar-refractivity contribution in [1.82, 2.24) is 19.9 Å². The molecule has 1 aromatic carbocycles. The second kappa shape index (κ2) is 9.11. The van der Waals surface area contributed by atoms with E-state index in [0.29, 0.717) is 34.1 Å². The number of ether oxygens (including phenoxy) is 3. The van der Waals surface area contributed by atoms with Crippen LogP contribution in [0.1, 0.15) is 12.5 Å². The fourth-order valence-electron chi connectivity index (χ4n) is 2.29. The maximum Gasteiger partial charge on any atom is 0.302 e. The zero-order valence-electron chi connectivity index (χ0n) is 15.2. The minimum absolute atomic E-state index is 0.223. The predicted molar refractivity (Wildman–Crippen MR) is 108 cm³/mol. The summed E-state index contributed by atoms with van der Waals surface area (Å²) in [6.45, 7) is 4.14. The smallest absolute Gasteiger partial charge is 0.302 e. The molecular weight excluding hydrogens is 450 g/mol. The Balaban J connectivity index is 0.000000279. The molecule has 0 amide bonds. The van der Waals surface area contributed by atoms with Crippen LogP contribution in [0.5, 0.6) is 11.5 Å². The Morgan fingerprint density at radius 2 is 2.11 bits per heavy atom. The van der Waals surface area contributed by atoms with Crippen molar-refractivity contribution in [3.05, 3.63) is 24.0 Å². The maximum atomic E-state index is 9.96. The first-order chi connectivity index (χ1) is 13.5. The quantitative estimate of drug-likeness (QED) is 0.439. The molecule has 0 fully saturated rings. The molecule has 11 heteroatoms. The lowest BCUT2D eigenvalue weighted by molar-refractivity contribution is -0.140. The van der Waals surface area contributed by atoms with Crippen LogP contribution in [0.3, 0.4) is 0 Å². The third-order valence-electron chi connectivity index (χ3n) is 3.56. The van der Waals surface area contributed by atoms with Crippen molar-refractivity contribution in [2.45, 2.75) is 23.9 Å². The third-order valence-corrected chi connectivity index (χ3v) is 4.93. The van der Waals surface area contributed by atoms with E-state index in [9.17, 15) is 4.79 Å². The first-order valence-corrected chi connectivity index (χ1v) is 10.2.